The zero-order valence-electron chi connectivity index (χ0n) is 15.1. The van der Waals surface area contributed by atoms with Crippen molar-refractivity contribution < 1.29 is 13.5 Å². The summed E-state index contributed by atoms with van der Waals surface area (Å²) in [6.07, 6.45) is 5.45. The summed E-state index contributed by atoms with van der Waals surface area (Å²) in [5.74, 6) is -1.23. The maximum absolute atomic E-state index is 13.9. The first-order valence-corrected chi connectivity index (χ1v) is 8.96. The van der Waals surface area contributed by atoms with Gasteiger partial charge in [-0.05, 0) is 19.9 Å². The molecule has 0 fully saturated rings. The number of thiazole rings is 1. The van der Waals surface area contributed by atoms with Gasteiger partial charge in [0.25, 0.3) is 0 Å². The van der Waals surface area contributed by atoms with Gasteiger partial charge in [0.2, 0.25) is 0 Å². The molecule has 8 heteroatoms. The molecule has 0 saturated carbocycles. The van der Waals surface area contributed by atoms with Crippen LogP contribution in [-0.4, -0.2) is 21.6 Å². The van der Waals surface area contributed by atoms with Gasteiger partial charge in [0.05, 0.1) is 18.5 Å². The predicted molar refractivity (Wildman–Crippen MR) is 105 cm³/mol. The number of hydrogen-bond acceptors (Lipinski definition) is 5. The molecular formula is C19H18F2N4OS. The topological polar surface area (TPSA) is 52.0 Å². The van der Waals surface area contributed by atoms with Gasteiger partial charge in [-0.15, -0.1) is 11.3 Å². The number of methoxy groups -OCH3 is 1. The number of aromatic nitrogens is 3. The van der Waals surface area contributed by atoms with Crippen molar-refractivity contribution in [2.75, 3.05) is 12.4 Å². The predicted octanol–water partition coefficient (Wildman–Crippen LogP) is 5.48. The molecule has 1 N–H and O–H groups in total. The number of nitrogens with one attached hydrogen (secondary N) is 1. The Balaban J connectivity index is 1.94. The Kier molecular flexibility index (Phi) is 5.36. The molecule has 27 heavy (non-hydrogen) atoms. The van der Waals surface area contributed by atoms with Crippen LogP contribution >= 0.6 is 11.3 Å². The van der Waals surface area contributed by atoms with Crippen LogP contribution in [0.2, 0.25) is 0 Å². The van der Waals surface area contributed by atoms with Crippen LogP contribution in [0.15, 0.2) is 30.2 Å². The van der Waals surface area contributed by atoms with Crippen molar-refractivity contribution in [1.82, 2.24) is 14.5 Å². The second kappa shape index (κ2) is 7.71. The zero-order valence-corrected chi connectivity index (χ0v) is 15.9. The fraction of sp³-hybridized carbons (Fsp3) is 0.158. The third kappa shape index (κ3) is 3.61. The summed E-state index contributed by atoms with van der Waals surface area (Å²) >= 11 is 1.32. The summed E-state index contributed by atoms with van der Waals surface area (Å²) in [6.45, 7) is 7.64. The normalized spacial score (nSPS) is 11.1. The number of allylic oxidation sites excluding steroid dienone is 1. The third-order valence-corrected chi connectivity index (χ3v) is 4.57. The first kappa shape index (κ1) is 18.8. The zero-order chi connectivity index (χ0) is 19.6. The summed E-state index contributed by atoms with van der Waals surface area (Å²) in [7, 11) is 1.22. The van der Waals surface area contributed by atoms with Gasteiger partial charge >= 0.3 is 0 Å². The smallest absolute Gasteiger partial charge is 0.190 e. The first-order valence-electron chi connectivity index (χ1n) is 8.08. The monoisotopic (exact) mass is 388 g/mol. The van der Waals surface area contributed by atoms with Crippen LogP contribution in [0.3, 0.4) is 0 Å². The first-order chi connectivity index (χ1) is 13.0. The second-order valence-corrected chi connectivity index (χ2v) is 6.45. The van der Waals surface area contributed by atoms with Crippen LogP contribution in [0.1, 0.15) is 18.4 Å². The third-order valence-electron chi connectivity index (χ3n) is 3.81. The fourth-order valence-electron chi connectivity index (χ4n) is 2.72. The van der Waals surface area contributed by atoms with E-state index < -0.39 is 17.4 Å². The van der Waals surface area contributed by atoms with Crippen molar-refractivity contribution in [2.45, 2.75) is 13.8 Å². The van der Waals surface area contributed by atoms with Gasteiger partial charge in [-0.25, -0.2) is 18.7 Å². The SMILES string of the molecule is C=Cn1c(/C=C\C)nc(C)c1-c1csc(Nc2cc(F)c(OC)c(F)c2)n1. The number of imidazole rings is 1. The Labute approximate surface area is 159 Å². The van der Waals surface area contributed by atoms with Crippen LogP contribution in [-0.2, 0) is 0 Å². The largest absolute Gasteiger partial charge is 0.491 e. The molecular weight excluding hydrogens is 370 g/mol. The van der Waals surface area contributed by atoms with Crippen LogP contribution in [0.4, 0.5) is 19.6 Å². The summed E-state index contributed by atoms with van der Waals surface area (Å²) in [4.78, 5) is 9.04. The van der Waals surface area contributed by atoms with Crippen molar-refractivity contribution >= 4 is 34.4 Å². The van der Waals surface area contributed by atoms with E-state index >= 15 is 0 Å². The number of ether oxygens (including phenoxy) is 1. The second-order valence-electron chi connectivity index (χ2n) is 5.59. The van der Waals surface area contributed by atoms with Crippen molar-refractivity contribution in [3.05, 3.63) is 53.3 Å². The number of nitrogens with zero attached hydrogens (tertiary/aromatic N) is 3. The molecule has 140 valence electrons. The highest BCUT2D eigenvalue weighted by atomic mass is 32.1. The van der Waals surface area contributed by atoms with Crippen molar-refractivity contribution in [3.8, 4) is 17.1 Å². The van der Waals surface area contributed by atoms with E-state index in [1.54, 1.807) is 6.20 Å². The lowest BCUT2D eigenvalue weighted by Crippen LogP contribution is -1.97. The average molecular weight is 388 g/mol. The molecule has 0 spiro atoms. The Bertz CT molecular complexity index is 1000. The number of benzene rings is 1. The Morgan fingerprint density at radius 1 is 1.26 bits per heavy atom. The Morgan fingerprint density at radius 2 is 1.96 bits per heavy atom. The summed E-state index contributed by atoms with van der Waals surface area (Å²) in [6, 6.07) is 2.32. The van der Waals surface area contributed by atoms with Gasteiger partial charge in [-0.2, -0.15) is 0 Å². The van der Waals surface area contributed by atoms with Crippen LogP contribution < -0.4 is 10.1 Å². The van der Waals surface area contributed by atoms with E-state index in [9.17, 15) is 8.78 Å². The molecule has 0 aliphatic heterocycles. The van der Waals surface area contributed by atoms with Gasteiger partial charge in [0, 0.05) is 29.4 Å². The number of anilines is 2. The molecule has 2 heterocycles. The molecule has 3 rings (SSSR count). The highest BCUT2D eigenvalue weighted by Gasteiger charge is 2.17. The Morgan fingerprint density at radius 3 is 2.56 bits per heavy atom. The average Bonchev–Trinajstić information content (AvgIpc) is 3.18. The van der Waals surface area contributed by atoms with Gasteiger partial charge < -0.3 is 10.1 Å². The van der Waals surface area contributed by atoms with E-state index in [-0.39, 0.29) is 5.69 Å². The van der Waals surface area contributed by atoms with Crippen molar-refractivity contribution in [1.29, 1.82) is 0 Å². The van der Waals surface area contributed by atoms with E-state index in [1.165, 1.54) is 18.4 Å². The number of hydrogen-bond donors (Lipinski definition) is 1. The van der Waals surface area contributed by atoms with Gasteiger partial charge in [0.15, 0.2) is 22.5 Å². The molecule has 2 aromatic heterocycles. The molecule has 0 aliphatic rings. The van der Waals surface area contributed by atoms with E-state index in [0.29, 0.717) is 10.8 Å². The minimum atomic E-state index is -0.784. The minimum absolute atomic E-state index is 0.246. The highest BCUT2D eigenvalue weighted by molar-refractivity contribution is 7.14. The lowest BCUT2D eigenvalue weighted by molar-refractivity contribution is 0.360. The molecule has 0 unspecified atom stereocenters. The van der Waals surface area contributed by atoms with Crippen LogP contribution in [0, 0.1) is 18.6 Å². The van der Waals surface area contributed by atoms with Crippen LogP contribution in [0.5, 0.6) is 5.75 Å². The number of rotatable bonds is 6. The van der Waals surface area contributed by atoms with Gasteiger partial charge in [-0.1, -0.05) is 12.7 Å². The van der Waals surface area contributed by atoms with E-state index in [1.807, 2.05) is 35.9 Å². The molecule has 0 aliphatic carbocycles. The summed E-state index contributed by atoms with van der Waals surface area (Å²) < 4.78 is 34.3. The molecule has 1 aromatic carbocycles. The number of aryl methyl sites for hydroxylation is 1. The van der Waals surface area contributed by atoms with Crippen LogP contribution in [0.25, 0.3) is 23.7 Å². The molecule has 0 amide bonds. The van der Waals surface area contributed by atoms with E-state index in [0.717, 1.165) is 29.3 Å². The van der Waals surface area contributed by atoms with Gasteiger partial charge in [-0.3, -0.25) is 4.57 Å². The maximum atomic E-state index is 13.9. The van der Waals surface area contributed by atoms with Crippen molar-refractivity contribution in [3.63, 3.8) is 0 Å². The maximum Gasteiger partial charge on any atom is 0.190 e. The molecule has 3 aromatic rings. The molecule has 0 radical (unpaired) electrons. The Hall–Kier alpha value is -3.00. The summed E-state index contributed by atoms with van der Waals surface area (Å²) in [5, 5.41) is 5.27. The lowest BCUT2D eigenvalue weighted by Gasteiger charge is -2.07. The highest BCUT2D eigenvalue weighted by Crippen LogP contribution is 2.32. The molecule has 5 nitrogen and oxygen atoms in total. The minimum Gasteiger partial charge on any atom is -0.491 e. The van der Waals surface area contributed by atoms with Crippen molar-refractivity contribution in [2.24, 2.45) is 0 Å². The molecule has 0 bridgehead atoms. The fourth-order valence-corrected chi connectivity index (χ4v) is 3.43. The van der Waals surface area contributed by atoms with Gasteiger partial charge in [0.1, 0.15) is 11.5 Å². The number of halogens is 2. The van der Waals surface area contributed by atoms with E-state index in [2.05, 4.69) is 26.6 Å². The lowest BCUT2D eigenvalue weighted by atomic mass is 10.2. The molecule has 0 atom stereocenters. The quantitative estimate of drug-likeness (QED) is 0.608. The molecule has 0 saturated heterocycles. The summed E-state index contributed by atoms with van der Waals surface area (Å²) in [5.41, 5.74) is 2.56. The van der Waals surface area contributed by atoms with E-state index in [4.69, 9.17) is 0 Å². The standard InChI is InChI=1S/C19H18F2N4OS/c1-5-7-16-22-11(3)17(25(16)6-2)15-10-27-19(24-15)23-12-8-13(20)18(26-4)14(21)9-12/h5-10H,2H2,1,3-4H3,(H,23,24)/b7-5-.